The molecule has 0 aromatic heterocycles. The highest BCUT2D eigenvalue weighted by atomic mass is 32.2. The van der Waals surface area contributed by atoms with Gasteiger partial charge in [0.25, 0.3) is 0 Å². The molecule has 2 heterocycles. The molecule has 13 heavy (non-hydrogen) atoms. The standard InChI is InChI=1S/C11H21NS/c1-10(2)8-12(11(10,3)4)9-5-6-13-7-9/h9H,5-8H2,1-4H3. The lowest BCUT2D eigenvalue weighted by atomic mass is 9.64. The van der Waals surface area contributed by atoms with Crippen molar-refractivity contribution >= 4 is 11.8 Å². The summed E-state index contributed by atoms with van der Waals surface area (Å²) in [5, 5.41) is 0. The summed E-state index contributed by atoms with van der Waals surface area (Å²) in [6.45, 7) is 10.9. The van der Waals surface area contributed by atoms with E-state index in [-0.39, 0.29) is 0 Å². The van der Waals surface area contributed by atoms with Gasteiger partial charge in [0.1, 0.15) is 0 Å². The molecule has 2 fully saturated rings. The second-order valence-electron chi connectivity index (χ2n) is 5.59. The van der Waals surface area contributed by atoms with E-state index in [0.717, 1.165) is 6.04 Å². The maximum Gasteiger partial charge on any atom is 0.0219 e. The molecule has 2 saturated heterocycles. The van der Waals surface area contributed by atoms with Crippen LogP contribution < -0.4 is 0 Å². The smallest absolute Gasteiger partial charge is 0.0219 e. The van der Waals surface area contributed by atoms with E-state index in [1.54, 1.807) is 0 Å². The Morgan fingerprint density at radius 3 is 2.31 bits per heavy atom. The molecule has 0 amide bonds. The van der Waals surface area contributed by atoms with Crippen molar-refractivity contribution in [2.45, 2.75) is 45.7 Å². The van der Waals surface area contributed by atoms with Crippen LogP contribution in [0.1, 0.15) is 34.1 Å². The summed E-state index contributed by atoms with van der Waals surface area (Å²) in [5.74, 6) is 2.73. The Kier molecular flexibility index (Phi) is 2.20. The number of likely N-dealkylation sites (tertiary alicyclic amines) is 1. The summed E-state index contributed by atoms with van der Waals surface area (Å²) in [5.41, 5.74) is 0.933. The number of thioether (sulfide) groups is 1. The minimum Gasteiger partial charge on any atom is -0.293 e. The predicted molar refractivity (Wildman–Crippen MR) is 60.3 cm³/mol. The predicted octanol–water partition coefficient (Wildman–Crippen LogP) is 2.61. The monoisotopic (exact) mass is 199 g/mol. The average Bonchev–Trinajstić information content (AvgIpc) is 2.52. The average molecular weight is 199 g/mol. The maximum absolute atomic E-state index is 2.72. The van der Waals surface area contributed by atoms with Crippen LogP contribution in [-0.4, -0.2) is 34.5 Å². The quantitative estimate of drug-likeness (QED) is 0.638. The zero-order valence-electron chi connectivity index (χ0n) is 9.26. The van der Waals surface area contributed by atoms with Gasteiger partial charge in [-0.05, 0) is 31.4 Å². The van der Waals surface area contributed by atoms with E-state index in [0.29, 0.717) is 11.0 Å². The summed E-state index contributed by atoms with van der Waals surface area (Å²) in [6, 6.07) is 0.869. The number of hydrogen-bond acceptors (Lipinski definition) is 2. The fourth-order valence-corrected chi connectivity index (χ4v) is 3.69. The molecule has 0 bridgehead atoms. The van der Waals surface area contributed by atoms with Crippen LogP contribution >= 0.6 is 11.8 Å². The van der Waals surface area contributed by atoms with Crippen molar-refractivity contribution < 1.29 is 0 Å². The van der Waals surface area contributed by atoms with Crippen molar-refractivity contribution in [2.24, 2.45) is 5.41 Å². The van der Waals surface area contributed by atoms with E-state index in [1.165, 1.54) is 24.5 Å². The van der Waals surface area contributed by atoms with Crippen molar-refractivity contribution in [3.63, 3.8) is 0 Å². The summed E-state index contributed by atoms with van der Waals surface area (Å²) in [6.07, 6.45) is 1.41. The highest BCUT2D eigenvalue weighted by Crippen LogP contribution is 2.49. The van der Waals surface area contributed by atoms with Crippen LogP contribution in [0, 0.1) is 5.41 Å². The second-order valence-corrected chi connectivity index (χ2v) is 6.74. The molecule has 1 nitrogen and oxygen atoms in total. The van der Waals surface area contributed by atoms with Crippen molar-refractivity contribution in [2.75, 3.05) is 18.1 Å². The third-order valence-electron chi connectivity index (χ3n) is 4.29. The molecular weight excluding hydrogens is 178 g/mol. The van der Waals surface area contributed by atoms with Crippen LogP contribution in [0.3, 0.4) is 0 Å². The number of rotatable bonds is 1. The van der Waals surface area contributed by atoms with E-state index in [4.69, 9.17) is 0 Å². The molecule has 2 rings (SSSR count). The first-order valence-corrected chi connectivity index (χ1v) is 6.45. The Morgan fingerprint density at radius 2 is 1.92 bits per heavy atom. The Morgan fingerprint density at radius 1 is 1.23 bits per heavy atom. The van der Waals surface area contributed by atoms with E-state index >= 15 is 0 Å². The van der Waals surface area contributed by atoms with Crippen LogP contribution in [0.4, 0.5) is 0 Å². The SMILES string of the molecule is CC1(C)CN(C2CCSC2)C1(C)C. The van der Waals surface area contributed by atoms with Gasteiger partial charge in [-0.25, -0.2) is 0 Å². The lowest BCUT2D eigenvalue weighted by molar-refractivity contribution is -0.136. The van der Waals surface area contributed by atoms with E-state index in [2.05, 4.69) is 44.4 Å². The summed E-state index contributed by atoms with van der Waals surface area (Å²) >= 11 is 2.12. The molecule has 2 aliphatic heterocycles. The maximum atomic E-state index is 2.72. The Bertz CT molecular complexity index is 204. The van der Waals surface area contributed by atoms with Gasteiger partial charge in [-0.15, -0.1) is 0 Å². The lowest BCUT2D eigenvalue weighted by Crippen LogP contribution is -2.71. The summed E-state index contributed by atoms with van der Waals surface area (Å²) in [4.78, 5) is 2.72. The molecule has 0 saturated carbocycles. The molecule has 0 spiro atoms. The largest absolute Gasteiger partial charge is 0.293 e. The second kappa shape index (κ2) is 2.90. The first-order chi connectivity index (χ1) is 5.95. The minimum atomic E-state index is 0.419. The van der Waals surface area contributed by atoms with Gasteiger partial charge in [0.05, 0.1) is 0 Å². The Balaban J connectivity index is 2.04. The van der Waals surface area contributed by atoms with Crippen LogP contribution in [-0.2, 0) is 0 Å². The molecule has 2 heteroatoms. The molecule has 0 aromatic rings. The van der Waals surface area contributed by atoms with Gasteiger partial charge in [-0.3, -0.25) is 4.90 Å². The van der Waals surface area contributed by atoms with Gasteiger partial charge >= 0.3 is 0 Å². The molecule has 0 aliphatic carbocycles. The fraction of sp³-hybridized carbons (Fsp3) is 1.00. The van der Waals surface area contributed by atoms with Crippen molar-refractivity contribution in [1.29, 1.82) is 0 Å². The fourth-order valence-electron chi connectivity index (χ4n) is 2.47. The van der Waals surface area contributed by atoms with Crippen molar-refractivity contribution in [1.82, 2.24) is 4.90 Å². The molecule has 0 aromatic carbocycles. The number of nitrogens with zero attached hydrogens (tertiary/aromatic N) is 1. The zero-order chi connectivity index (χ0) is 9.69. The molecule has 1 atom stereocenters. The number of hydrogen-bond donors (Lipinski definition) is 0. The van der Waals surface area contributed by atoms with Crippen LogP contribution in [0.25, 0.3) is 0 Å². The molecule has 2 aliphatic rings. The van der Waals surface area contributed by atoms with Crippen LogP contribution in [0.5, 0.6) is 0 Å². The molecule has 0 radical (unpaired) electrons. The van der Waals surface area contributed by atoms with E-state index in [1.807, 2.05) is 0 Å². The third kappa shape index (κ3) is 1.33. The topological polar surface area (TPSA) is 3.24 Å². The van der Waals surface area contributed by atoms with Gasteiger partial charge in [0, 0.05) is 23.9 Å². The molecule has 1 unspecified atom stereocenters. The van der Waals surface area contributed by atoms with E-state index in [9.17, 15) is 0 Å². The first-order valence-electron chi connectivity index (χ1n) is 5.30. The Labute approximate surface area is 86.3 Å². The van der Waals surface area contributed by atoms with E-state index < -0.39 is 0 Å². The van der Waals surface area contributed by atoms with Gasteiger partial charge in [0.15, 0.2) is 0 Å². The highest BCUT2D eigenvalue weighted by Gasteiger charge is 2.54. The molecule has 76 valence electrons. The lowest BCUT2D eigenvalue weighted by Gasteiger charge is -2.63. The zero-order valence-corrected chi connectivity index (χ0v) is 10.1. The Hall–Kier alpha value is 0.310. The molecule has 0 N–H and O–H groups in total. The van der Waals surface area contributed by atoms with Crippen LogP contribution in [0.15, 0.2) is 0 Å². The van der Waals surface area contributed by atoms with Gasteiger partial charge < -0.3 is 0 Å². The van der Waals surface area contributed by atoms with Crippen LogP contribution in [0.2, 0.25) is 0 Å². The first kappa shape index (κ1) is 9.85. The van der Waals surface area contributed by atoms with Gasteiger partial charge in [0.2, 0.25) is 0 Å². The third-order valence-corrected chi connectivity index (χ3v) is 5.43. The minimum absolute atomic E-state index is 0.419. The summed E-state index contributed by atoms with van der Waals surface area (Å²) < 4.78 is 0. The van der Waals surface area contributed by atoms with Gasteiger partial charge in [-0.2, -0.15) is 11.8 Å². The highest BCUT2D eigenvalue weighted by molar-refractivity contribution is 7.99. The summed E-state index contributed by atoms with van der Waals surface area (Å²) in [7, 11) is 0. The normalized spacial score (nSPS) is 37.4. The van der Waals surface area contributed by atoms with Crippen molar-refractivity contribution in [3.05, 3.63) is 0 Å². The van der Waals surface area contributed by atoms with Gasteiger partial charge in [-0.1, -0.05) is 13.8 Å². The van der Waals surface area contributed by atoms with Crippen molar-refractivity contribution in [3.8, 4) is 0 Å². The molecular formula is C11H21NS.